The number of rotatable bonds is 8. The monoisotopic (exact) mass is 399 g/mol. The molecule has 0 bridgehead atoms. The lowest BCUT2D eigenvalue weighted by molar-refractivity contribution is -0.118. The zero-order valence-corrected chi connectivity index (χ0v) is 16.7. The van der Waals surface area contributed by atoms with Gasteiger partial charge in [-0.25, -0.2) is 0 Å². The Labute approximate surface area is 167 Å². The van der Waals surface area contributed by atoms with Crippen molar-refractivity contribution in [3.63, 3.8) is 0 Å². The van der Waals surface area contributed by atoms with Gasteiger partial charge in [-0.05, 0) is 44.2 Å². The Morgan fingerprint density at radius 1 is 1.11 bits per heavy atom. The van der Waals surface area contributed by atoms with Crippen LogP contribution in [0, 0.1) is 6.92 Å². The Morgan fingerprint density at radius 2 is 1.89 bits per heavy atom. The fraction of sp³-hybridized carbons (Fsp3) is 0.250. The molecule has 0 atom stereocenters. The van der Waals surface area contributed by atoms with Gasteiger partial charge in [0.2, 0.25) is 5.13 Å². The van der Waals surface area contributed by atoms with E-state index in [4.69, 9.17) is 14.2 Å². The number of methoxy groups -OCH3 is 1. The second-order valence-corrected chi connectivity index (χ2v) is 6.62. The van der Waals surface area contributed by atoms with Crippen LogP contribution in [0.15, 0.2) is 42.5 Å². The Kier molecular flexibility index (Phi) is 6.44. The minimum atomic E-state index is -0.299. The Morgan fingerprint density at radius 3 is 2.61 bits per heavy atom. The summed E-state index contributed by atoms with van der Waals surface area (Å²) >= 11 is 1.10. The molecule has 146 valence electrons. The van der Waals surface area contributed by atoms with Crippen molar-refractivity contribution in [3.05, 3.63) is 48.0 Å². The van der Waals surface area contributed by atoms with Crippen molar-refractivity contribution in [2.24, 2.45) is 0 Å². The summed E-state index contributed by atoms with van der Waals surface area (Å²) in [7, 11) is 1.58. The van der Waals surface area contributed by atoms with Crippen molar-refractivity contribution in [2.75, 3.05) is 25.6 Å². The van der Waals surface area contributed by atoms with Gasteiger partial charge >= 0.3 is 0 Å². The molecule has 1 heterocycles. The highest BCUT2D eigenvalue weighted by atomic mass is 32.1. The van der Waals surface area contributed by atoms with Gasteiger partial charge in [-0.15, -0.1) is 0 Å². The van der Waals surface area contributed by atoms with Crippen LogP contribution < -0.4 is 19.5 Å². The largest absolute Gasteiger partial charge is 0.493 e. The number of hydrogen-bond acceptors (Lipinski definition) is 7. The zero-order valence-electron chi connectivity index (χ0n) is 15.9. The van der Waals surface area contributed by atoms with Gasteiger partial charge in [-0.1, -0.05) is 17.7 Å². The molecule has 0 spiro atoms. The van der Waals surface area contributed by atoms with E-state index in [1.54, 1.807) is 13.2 Å². The van der Waals surface area contributed by atoms with Gasteiger partial charge in [-0.3, -0.25) is 10.1 Å². The van der Waals surface area contributed by atoms with Crippen molar-refractivity contribution in [3.8, 4) is 28.6 Å². The van der Waals surface area contributed by atoms with Crippen LogP contribution in [0.5, 0.6) is 17.2 Å². The first-order valence-corrected chi connectivity index (χ1v) is 9.50. The molecule has 28 heavy (non-hydrogen) atoms. The maximum absolute atomic E-state index is 12.1. The first-order valence-electron chi connectivity index (χ1n) is 8.73. The summed E-state index contributed by atoms with van der Waals surface area (Å²) in [6.07, 6.45) is 0. The smallest absolute Gasteiger partial charge is 0.264 e. The molecule has 0 aliphatic heterocycles. The summed E-state index contributed by atoms with van der Waals surface area (Å²) in [5, 5.41) is 3.10. The highest BCUT2D eigenvalue weighted by molar-refractivity contribution is 7.10. The lowest BCUT2D eigenvalue weighted by atomic mass is 10.2. The van der Waals surface area contributed by atoms with Crippen LogP contribution in [-0.2, 0) is 4.79 Å². The van der Waals surface area contributed by atoms with E-state index in [-0.39, 0.29) is 12.5 Å². The van der Waals surface area contributed by atoms with E-state index in [1.165, 1.54) is 0 Å². The van der Waals surface area contributed by atoms with Gasteiger partial charge in [0, 0.05) is 17.1 Å². The number of amides is 1. The predicted octanol–water partition coefficient (Wildman–Crippen LogP) is 3.94. The minimum absolute atomic E-state index is 0.102. The molecular weight excluding hydrogens is 378 g/mol. The Bertz CT molecular complexity index is 941. The van der Waals surface area contributed by atoms with E-state index in [0.29, 0.717) is 34.8 Å². The number of aryl methyl sites for hydroxylation is 1. The third kappa shape index (κ3) is 4.98. The molecule has 0 fully saturated rings. The summed E-state index contributed by atoms with van der Waals surface area (Å²) < 4.78 is 20.6. The number of anilines is 1. The molecule has 1 N–H and O–H groups in total. The van der Waals surface area contributed by atoms with Crippen LogP contribution in [0.4, 0.5) is 5.13 Å². The van der Waals surface area contributed by atoms with Gasteiger partial charge in [0.15, 0.2) is 23.9 Å². The molecule has 7 nitrogen and oxygen atoms in total. The average Bonchev–Trinajstić information content (AvgIpc) is 3.16. The third-order valence-corrected chi connectivity index (χ3v) is 4.42. The number of nitrogens with zero attached hydrogens (tertiary/aromatic N) is 2. The maximum atomic E-state index is 12.1. The number of hydrogen-bond donors (Lipinski definition) is 1. The third-order valence-electron chi connectivity index (χ3n) is 3.78. The molecule has 3 aromatic rings. The van der Waals surface area contributed by atoms with Crippen molar-refractivity contribution in [2.45, 2.75) is 13.8 Å². The van der Waals surface area contributed by atoms with E-state index < -0.39 is 0 Å². The second-order valence-electron chi connectivity index (χ2n) is 5.87. The molecule has 3 rings (SSSR count). The zero-order chi connectivity index (χ0) is 19.9. The van der Waals surface area contributed by atoms with Gasteiger partial charge in [0.1, 0.15) is 5.75 Å². The van der Waals surface area contributed by atoms with Crippen LogP contribution in [0.2, 0.25) is 0 Å². The SMILES string of the molecule is CCOc1ccc(-c2nsc(NC(=O)COc3ccc(C)cc3)n2)cc1OC. The van der Waals surface area contributed by atoms with E-state index in [0.717, 1.165) is 22.7 Å². The molecule has 0 radical (unpaired) electrons. The number of aromatic nitrogens is 2. The first kappa shape index (κ1) is 19.6. The molecule has 0 aliphatic rings. The predicted molar refractivity (Wildman–Crippen MR) is 108 cm³/mol. The summed E-state index contributed by atoms with van der Waals surface area (Å²) in [6, 6.07) is 13.0. The van der Waals surface area contributed by atoms with Crippen LogP contribution in [0.1, 0.15) is 12.5 Å². The fourth-order valence-corrected chi connectivity index (χ4v) is 3.02. The lowest BCUT2D eigenvalue weighted by Crippen LogP contribution is -2.20. The van der Waals surface area contributed by atoms with Gasteiger partial charge in [0.05, 0.1) is 13.7 Å². The minimum Gasteiger partial charge on any atom is -0.493 e. The van der Waals surface area contributed by atoms with Gasteiger partial charge in [-0.2, -0.15) is 9.36 Å². The highest BCUT2D eigenvalue weighted by Crippen LogP contribution is 2.32. The van der Waals surface area contributed by atoms with Crippen molar-refractivity contribution >= 4 is 22.6 Å². The topological polar surface area (TPSA) is 82.6 Å². The van der Waals surface area contributed by atoms with Crippen molar-refractivity contribution in [1.29, 1.82) is 0 Å². The Hall–Kier alpha value is -3.13. The summed E-state index contributed by atoms with van der Waals surface area (Å²) in [4.78, 5) is 16.4. The summed E-state index contributed by atoms with van der Waals surface area (Å²) in [5.41, 5.74) is 1.90. The van der Waals surface area contributed by atoms with Crippen LogP contribution >= 0.6 is 11.5 Å². The second kappa shape index (κ2) is 9.18. The summed E-state index contributed by atoms with van der Waals surface area (Å²) in [5.74, 6) is 2.10. The quantitative estimate of drug-likeness (QED) is 0.618. The molecule has 1 amide bonds. The van der Waals surface area contributed by atoms with E-state index >= 15 is 0 Å². The first-order chi connectivity index (χ1) is 13.6. The highest BCUT2D eigenvalue weighted by Gasteiger charge is 2.13. The van der Waals surface area contributed by atoms with Crippen LogP contribution in [-0.4, -0.2) is 35.6 Å². The molecule has 2 aromatic carbocycles. The summed E-state index contributed by atoms with van der Waals surface area (Å²) in [6.45, 7) is 4.34. The standard InChI is InChI=1S/C20H21N3O4S/c1-4-26-16-10-7-14(11-17(16)25-3)19-22-20(28-23-19)21-18(24)12-27-15-8-5-13(2)6-9-15/h5-11H,4,12H2,1-3H3,(H,21,22,23,24). The van der Waals surface area contributed by atoms with Crippen LogP contribution in [0.3, 0.4) is 0 Å². The molecule has 8 heteroatoms. The van der Waals surface area contributed by atoms with E-state index in [1.807, 2.05) is 50.2 Å². The average molecular weight is 399 g/mol. The molecule has 0 saturated heterocycles. The number of benzene rings is 2. The molecule has 0 unspecified atom stereocenters. The molecule has 0 saturated carbocycles. The fourth-order valence-electron chi connectivity index (χ4n) is 2.41. The van der Waals surface area contributed by atoms with E-state index in [9.17, 15) is 4.79 Å². The number of carbonyl (C=O) groups is 1. The van der Waals surface area contributed by atoms with Crippen molar-refractivity contribution in [1.82, 2.24) is 9.36 Å². The molecule has 1 aromatic heterocycles. The van der Waals surface area contributed by atoms with Gasteiger partial charge in [0.25, 0.3) is 5.91 Å². The van der Waals surface area contributed by atoms with Gasteiger partial charge < -0.3 is 14.2 Å². The maximum Gasteiger partial charge on any atom is 0.264 e. The van der Waals surface area contributed by atoms with Crippen molar-refractivity contribution < 1.29 is 19.0 Å². The number of ether oxygens (including phenoxy) is 3. The lowest BCUT2D eigenvalue weighted by Gasteiger charge is -2.09. The Balaban J connectivity index is 1.62. The number of nitrogens with one attached hydrogen (secondary N) is 1. The van der Waals surface area contributed by atoms with E-state index in [2.05, 4.69) is 14.7 Å². The van der Waals surface area contributed by atoms with Crippen LogP contribution in [0.25, 0.3) is 11.4 Å². The number of carbonyl (C=O) groups excluding carboxylic acids is 1. The molecular formula is C20H21N3O4S. The molecule has 0 aliphatic carbocycles. The normalized spacial score (nSPS) is 10.4.